The molecule has 0 aliphatic carbocycles. The van der Waals surface area contributed by atoms with Gasteiger partial charge < -0.3 is 4.90 Å². The first-order valence-corrected chi connectivity index (χ1v) is 8.40. The molecule has 0 aliphatic rings. The van der Waals surface area contributed by atoms with Gasteiger partial charge in [0.1, 0.15) is 0 Å². The predicted octanol–water partition coefficient (Wildman–Crippen LogP) is 4.17. The number of hydrogen-bond acceptors (Lipinski definition) is 3. The largest absolute Gasteiger partial charge is 0.368 e. The Balaban J connectivity index is 2.56. The first-order chi connectivity index (χ1) is 10.2. The van der Waals surface area contributed by atoms with Gasteiger partial charge in [-0.3, -0.25) is 0 Å². The molecule has 0 aliphatic heterocycles. The Kier molecular flexibility index (Phi) is 6.07. The summed E-state index contributed by atoms with van der Waals surface area (Å²) in [6, 6.07) is 6.26. The molecule has 0 saturated carbocycles. The van der Waals surface area contributed by atoms with Gasteiger partial charge in [-0.15, -0.1) is 23.2 Å². The number of aromatic nitrogens is 2. The predicted molar refractivity (Wildman–Crippen MR) is 91.9 cm³/mol. The number of rotatable bonds is 7. The topological polar surface area (TPSA) is 29.0 Å². The minimum absolute atomic E-state index is 0.573. The number of hydrogen-bond donors (Lipinski definition) is 0. The molecule has 0 radical (unpaired) electrons. The fourth-order valence-corrected chi connectivity index (χ4v) is 2.84. The highest BCUT2D eigenvalue weighted by atomic mass is 35.5. The third-order valence-electron chi connectivity index (χ3n) is 3.40. The van der Waals surface area contributed by atoms with E-state index in [-0.39, 0.29) is 0 Å². The summed E-state index contributed by atoms with van der Waals surface area (Å²) in [4.78, 5) is 11.5. The SMILES string of the molecule is CCCc1cc(N(CCCl)CCCl)c2ccc(C)nc2n1. The highest BCUT2D eigenvalue weighted by molar-refractivity contribution is 6.18. The molecule has 21 heavy (non-hydrogen) atoms. The third-order valence-corrected chi connectivity index (χ3v) is 3.74. The number of fused-ring (bicyclic) bond motifs is 1. The van der Waals surface area contributed by atoms with Gasteiger partial charge in [-0.1, -0.05) is 13.3 Å². The normalized spacial score (nSPS) is 11.0. The molecule has 0 saturated heterocycles. The molecule has 0 fully saturated rings. The van der Waals surface area contributed by atoms with Gasteiger partial charge in [0.15, 0.2) is 5.65 Å². The van der Waals surface area contributed by atoms with E-state index in [2.05, 4.69) is 33.9 Å². The Morgan fingerprint density at radius 1 is 1.10 bits per heavy atom. The second kappa shape index (κ2) is 7.81. The lowest BCUT2D eigenvalue weighted by molar-refractivity contribution is 0.859. The van der Waals surface area contributed by atoms with Crippen LogP contribution in [0, 0.1) is 6.92 Å². The van der Waals surface area contributed by atoms with Crippen molar-refractivity contribution in [1.82, 2.24) is 9.97 Å². The van der Waals surface area contributed by atoms with Gasteiger partial charge >= 0.3 is 0 Å². The maximum Gasteiger partial charge on any atom is 0.161 e. The summed E-state index contributed by atoms with van der Waals surface area (Å²) in [6.07, 6.45) is 2.02. The van der Waals surface area contributed by atoms with Crippen LogP contribution < -0.4 is 4.90 Å². The number of halogens is 2. The molecular formula is C16H21Cl2N3. The van der Waals surface area contributed by atoms with Crippen LogP contribution in [0.1, 0.15) is 24.7 Å². The molecule has 0 amide bonds. The lowest BCUT2D eigenvalue weighted by atomic mass is 10.1. The molecule has 2 aromatic heterocycles. The number of aryl methyl sites for hydroxylation is 2. The summed E-state index contributed by atoms with van der Waals surface area (Å²) in [6.45, 7) is 5.69. The molecule has 114 valence electrons. The van der Waals surface area contributed by atoms with Crippen molar-refractivity contribution < 1.29 is 0 Å². The molecule has 3 nitrogen and oxygen atoms in total. The third kappa shape index (κ3) is 3.98. The van der Waals surface area contributed by atoms with Crippen molar-refractivity contribution in [2.45, 2.75) is 26.7 Å². The smallest absolute Gasteiger partial charge is 0.161 e. The summed E-state index contributed by atoms with van der Waals surface area (Å²) in [5, 5.41) is 1.07. The van der Waals surface area contributed by atoms with Crippen LogP contribution in [-0.2, 0) is 6.42 Å². The van der Waals surface area contributed by atoms with Crippen LogP contribution in [-0.4, -0.2) is 34.8 Å². The Labute approximate surface area is 136 Å². The molecule has 0 N–H and O–H groups in total. The molecule has 0 atom stereocenters. The van der Waals surface area contributed by atoms with Crippen molar-refractivity contribution in [1.29, 1.82) is 0 Å². The Morgan fingerprint density at radius 3 is 2.43 bits per heavy atom. The van der Waals surface area contributed by atoms with E-state index < -0.39 is 0 Å². The number of pyridine rings is 2. The van der Waals surface area contributed by atoms with E-state index in [0.717, 1.165) is 54.0 Å². The van der Waals surface area contributed by atoms with Crippen LogP contribution >= 0.6 is 23.2 Å². The van der Waals surface area contributed by atoms with Gasteiger partial charge in [0.25, 0.3) is 0 Å². The van der Waals surface area contributed by atoms with E-state index in [4.69, 9.17) is 23.2 Å². The minimum Gasteiger partial charge on any atom is -0.368 e. The average Bonchev–Trinajstić information content (AvgIpc) is 2.46. The van der Waals surface area contributed by atoms with Gasteiger partial charge in [-0.2, -0.15) is 0 Å². The summed E-state index contributed by atoms with van der Waals surface area (Å²) in [7, 11) is 0. The Hall–Kier alpha value is -1.06. The first kappa shape index (κ1) is 16.3. The molecule has 0 spiro atoms. The fraction of sp³-hybridized carbons (Fsp3) is 0.500. The fourth-order valence-electron chi connectivity index (χ4n) is 2.43. The summed E-state index contributed by atoms with van der Waals surface area (Å²) >= 11 is 11.9. The van der Waals surface area contributed by atoms with Crippen molar-refractivity contribution >= 4 is 39.9 Å². The van der Waals surface area contributed by atoms with E-state index in [1.165, 1.54) is 0 Å². The van der Waals surface area contributed by atoms with Crippen molar-refractivity contribution in [3.8, 4) is 0 Å². The molecule has 2 rings (SSSR count). The number of alkyl halides is 2. The van der Waals surface area contributed by atoms with Gasteiger partial charge in [-0.25, -0.2) is 9.97 Å². The molecule has 0 unspecified atom stereocenters. The van der Waals surface area contributed by atoms with Crippen LogP contribution in [0.3, 0.4) is 0 Å². The van der Waals surface area contributed by atoms with Gasteiger partial charge in [0, 0.05) is 47.3 Å². The van der Waals surface area contributed by atoms with Crippen LogP contribution in [0.15, 0.2) is 18.2 Å². The standard InChI is InChI=1S/C16H21Cl2N3/c1-3-4-13-11-15(21(9-7-17)10-8-18)14-6-5-12(2)19-16(14)20-13/h5-6,11H,3-4,7-10H2,1-2H3. The molecule has 2 heterocycles. The zero-order valence-electron chi connectivity index (χ0n) is 12.6. The molecular weight excluding hydrogens is 305 g/mol. The van der Waals surface area contributed by atoms with Crippen LogP contribution in [0.5, 0.6) is 0 Å². The summed E-state index contributed by atoms with van der Waals surface area (Å²) in [5.41, 5.74) is 4.01. The average molecular weight is 326 g/mol. The Bertz CT molecular complexity index is 595. The van der Waals surface area contributed by atoms with Crippen molar-refractivity contribution in [3.63, 3.8) is 0 Å². The second-order valence-corrected chi connectivity index (χ2v) is 5.83. The maximum atomic E-state index is 5.94. The van der Waals surface area contributed by atoms with E-state index >= 15 is 0 Å². The molecule has 0 aromatic carbocycles. The maximum absolute atomic E-state index is 5.94. The van der Waals surface area contributed by atoms with Gasteiger partial charge in [-0.05, 0) is 31.5 Å². The minimum atomic E-state index is 0.573. The molecule has 5 heteroatoms. The number of anilines is 1. The van der Waals surface area contributed by atoms with E-state index in [9.17, 15) is 0 Å². The van der Waals surface area contributed by atoms with Crippen molar-refractivity contribution in [2.24, 2.45) is 0 Å². The van der Waals surface area contributed by atoms with E-state index in [1.54, 1.807) is 0 Å². The van der Waals surface area contributed by atoms with Gasteiger partial charge in [0.05, 0.1) is 0 Å². The molecule has 2 aromatic rings. The highest BCUT2D eigenvalue weighted by Crippen LogP contribution is 2.27. The van der Waals surface area contributed by atoms with E-state index in [0.29, 0.717) is 11.8 Å². The summed E-state index contributed by atoms with van der Waals surface area (Å²) in [5.74, 6) is 1.15. The van der Waals surface area contributed by atoms with Crippen LogP contribution in [0.25, 0.3) is 11.0 Å². The van der Waals surface area contributed by atoms with Crippen LogP contribution in [0.2, 0.25) is 0 Å². The van der Waals surface area contributed by atoms with Crippen molar-refractivity contribution in [2.75, 3.05) is 29.7 Å². The Morgan fingerprint density at radius 2 is 1.81 bits per heavy atom. The first-order valence-electron chi connectivity index (χ1n) is 7.33. The van der Waals surface area contributed by atoms with Crippen molar-refractivity contribution in [3.05, 3.63) is 29.6 Å². The summed E-state index contributed by atoms with van der Waals surface area (Å²) < 4.78 is 0. The zero-order chi connectivity index (χ0) is 15.2. The zero-order valence-corrected chi connectivity index (χ0v) is 14.1. The highest BCUT2D eigenvalue weighted by Gasteiger charge is 2.13. The quantitative estimate of drug-likeness (QED) is 0.715. The lowest BCUT2D eigenvalue weighted by Crippen LogP contribution is -2.28. The van der Waals surface area contributed by atoms with E-state index in [1.807, 2.05) is 13.0 Å². The monoisotopic (exact) mass is 325 g/mol. The molecule has 0 bridgehead atoms. The second-order valence-electron chi connectivity index (χ2n) is 5.07. The van der Waals surface area contributed by atoms with Gasteiger partial charge in [0.2, 0.25) is 0 Å². The number of nitrogens with zero attached hydrogens (tertiary/aromatic N) is 3. The van der Waals surface area contributed by atoms with Crippen LogP contribution in [0.4, 0.5) is 5.69 Å². The lowest BCUT2D eigenvalue weighted by Gasteiger charge is -2.25.